The topological polar surface area (TPSA) is 64.3 Å². The summed E-state index contributed by atoms with van der Waals surface area (Å²) in [5.74, 6) is 0. The highest BCUT2D eigenvalue weighted by molar-refractivity contribution is 7.92. The second-order valence-electron chi connectivity index (χ2n) is 6.27. The van der Waals surface area contributed by atoms with Crippen molar-refractivity contribution < 1.29 is 8.42 Å². The van der Waals surface area contributed by atoms with Gasteiger partial charge in [-0.25, -0.2) is 13.1 Å². The first-order chi connectivity index (χ1) is 12.7. The van der Waals surface area contributed by atoms with E-state index in [4.69, 9.17) is 11.6 Å². The third-order valence-electron chi connectivity index (χ3n) is 4.45. The summed E-state index contributed by atoms with van der Waals surface area (Å²) in [6.07, 6.45) is 1.09. The molecule has 3 aromatic rings. The van der Waals surface area contributed by atoms with Crippen molar-refractivity contribution >= 4 is 27.3 Å². The van der Waals surface area contributed by atoms with Crippen LogP contribution < -0.4 is 9.86 Å². The van der Waals surface area contributed by atoms with E-state index < -0.39 is 15.6 Å². The zero-order valence-corrected chi connectivity index (χ0v) is 16.8. The van der Waals surface area contributed by atoms with Crippen molar-refractivity contribution in [1.29, 1.82) is 0 Å². The number of anilines is 1. The number of sulfonamides is 1. The summed E-state index contributed by atoms with van der Waals surface area (Å²) in [6.45, 7) is 1.70. The van der Waals surface area contributed by atoms with E-state index in [9.17, 15) is 13.2 Å². The highest BCUT2D eigenvalue weighted by atomic mass is 35.5. The third-order valence-corrected chi connectivity index (χ3v) is 5.93. The molecular weight excluding hydrogens is 386 g/mol. The molecule has 3 rings (SSSR count). The van der Waals surface area contributed by atoms with Crippen LogP contribution in [0.3, 0.4) is 0 Å². The number of para-hydroxylation sites is 1. The molecule has 0 unspecified atom stereocenters. The summed E-state index contributed by atoms with van der Waals surface area (Å²) < 4.78 is 29.3. The largest absolute Gasteiger partial charge is 0.296 e. The predicted molar refractivity (Wildman–Crippen MR) is 108 cm³/mol. The number of hydrogen-bond donors (Lipinski definition) is 0. The van der Waals surface area contributed by atoms with Crippen LogP contribution in [0.5, 0.6) is 0 Å². The Labute approximate surface area is 163 Å². The fourth-order valence-electron chi connectivity index (χ4n) is 2.98. The highest BCUT2D eigenvalue weighted by Crippen LogP contribution is 2.25. The molecule has 0 spiro atoms. The number of hydrogen-bond acceptors (Lipinski definition) is 3. The van der Waals surface area contributed by atoms with Crippen LogP contribution in [0.2, 0.25) is 5.02 Å². The molecule has 0 aliphatic heterocycles. The molecule has 8 heteroatoms. The molecular formula is C19H20ClN3O3S. The van der Waals surface area contributed by atoms with Crippen LogP contribution in [0, 0.1) is 6.92 Å². The molecule has 27 heavy (non-hydrogen) atoms. The van der Waals surface area contributed by atoms with E-state index in [0.717, 1.165) is 10.6 Å². The van der Waals surface area contributed by atoms with Crippen molar-refractivity contribution in [3.8, 4) is 5.69 Å². The van der Waals surface area contributed by atoms with Gasteiger partial charge in [-0.3, -0.25) is 13.8 Å². The SMILES string of the molecule is Cc1c(N(Cc2ccccc2Cl)S(C)(=O)=O)c(=O)n(-c2ccccc2)n1C. The van der Waals surface area contributed by atoms with Crippen LogP contribution in [0.15, 0.2) is 59.4 Å². The van der Waals surface area contributed by atoms with Gasteiger partial charge >= 0.3 is 0 Å². The van der Waals surface area contributed by atoms with Crippen molar-refractivity contribution in [3.05, 3.63) is 81.2 Å². The van der Waals surface area contributed by atoms with Gasteiger partial charge in [-0.05, 0) is 30.7 Å². The molecule has 0 fully saturated rings. The maximum Gasteiger partial charge on any atom is 0.296 e. The van der Waals surface area contributed by atoms with Gasteiger partial charge in [0.15, 0.2) is 0 Å². The van der Waals surface area contributed by atoms with Crippen LogP contribution in [-0.4, -0.2) is 24.0 Å². The van der Waals surface area contributed by atoms with E-state index in [1.54, 1.807) is 55.1 Å². The zero-order chi connectivity index (χ0) is 19.8. The quantitative estimate of drug-likeness (QED) is 0.655. The molecule has 0 aliphatic carbocycles. The van der Waals surface area contributed by atoms with Crippen LogP contribution in [-0.2, 0) is 23.6 Å². The van der Waals surface area contributed by atoms with Gasteiger partial charge < -0.3 is 0 Å². The fourth-order valence-corrected chi connectivity index (χ4v) is 4.10. The summed E-state index contributed by atoms with van der Waals surface area (Å²) in [6, 6.07) is 16.1. The lowest BCUT2D eigenvalue weighted by Gasteiger charge is -2.21. The van der Waals surface area contributed by atoms with Crippen LogP contribution in [0.1, 0.15) is 11.3 Å². The first kappa shape index (κ1) is 19.3. The Morgan fingerprint density at radius 3 is 2.22 bits per heavy atom. The number of benzene rings is 2. The maximum atomic E-state index is 13.2. The lowest BCUT2D eigenvalue weighted by atomic mass is 10.2. The summed E-state index contributed by atoms with van der Waals surface area (Å²) in [7, 11) is -1.99. The molecule has 142 valence electrons. The summed E-state index contributed by atoms with van der Waals surface area (Å²) in [5, 5.41) is 0.447. The van der Waals surface area contributed by atoms with Gasteiger partial charge in [-0.1, -0.05) is 48.0 Å². The van der Waals surface area contributed by atoms with E-state index >= 15 is 0 Å². The van der Waals surface area contributed by atoms with Crippen LogP contribution >= 0.6 is 11.6 Å². The molecule has 1 heterocycles. The first-order valence-electron chi connectivity index (χ1n) is 8.27. The third kappa shape index (κ3) is 3.65. The average molecular weight is 406 g/mol. The van der Waals surface area contributed by atoms with Gasteiger partial charge in [-0.15, -0.1) is 0 Å². The number of nitrogens with zero attached hydrogens (tertiary/aromatic N) is 3. The van der Waals surface area contributed by atoms with Gasteiger partial charge in [0.05, 0.1) is 24.2 Å². The molecule has 0 saturated heterocycles. The minimum Gasteiger partial charge on any atom is -0.283 e. The standard InChI is InChI=1S/C19H20ClN3O3S/c1-14-18(19(24)23(21(14)2)16-10-5-4-6-11-16)22(27(3,25)26)13-15-9-7-8-12-17(15)20/h4-12H,13H2,1-3H3. The van der Waals surface area contributed by atoms with Crippen molar-refractivity contribution in [3.63, 3.8) is 0 Å². The minimum atomic E-state index is -3.72. The normalized spacial score (nSPS) is 11.6. The monoisotopic (exact) mass is 405 g/mol. The predicted octanol–water partition coefficient (Wildman–Crippen LogP) is 3.10. The van der Waals surface area contributed by atoms with E-state index in [-0.39, 0.29) is 12.2 Å². The smallest absolute Gasteiger partial charge is 0.283 e. The van der Waals surface area contributed by atoms with Gasteiger partial charge in [0, 0.05) is 12.1 Å². The number of halogens is 1. The summed E-state index contributed by atoms with van der Waals surface area (Å²) in [4.78, 5) is 13.2. The molecule has 0 saturated carbocycles. The first-order valence-corrected chi connectivity index (χ1v) is 10.5. The van der Waals surface area contributed by atoms with Crippen molar-refractivity contribution in [2.45, 2.75) is 13.5 Å². The molecule has 0 atom stereocenters. The Hall–Kier alpha value is -2.51. The van der Waals surface area contributed by atoms with Crippen LogP contribution in [0.4, 0.5) is 5.69 Å². The van der Waals surface area contributed by atoms with Gasteiger partial charge in [0.25, 0.3) is 5.56 Å². The number of aromatic nitrogens is 2. The fraction of sp³-hybridized carbons (Fsp3) is 0.211. The van der Waals surface area contributed by atoms with Crippen molar-refractivity contribution in [2.24, 2.45) is 7.05 Å². The lowest BCUT2D eigenvalue weighted by Crippen LogP contribution is -2.34. The Kier molecular flexibility index (Phi) is 5.17. The molecule has 0 bridgehead atoms. The number of rotatable bonds is 5. The van der Waals surface area contributed by atoms with Crippen LogP contribution in [0.25, 0.3) is 5.69 Å². The van der Waals surface area contributed by atoms with E-state index in [1.165, 1.54) is 4.68 Å². The van der Waals surface area contributed by atoms with E-state index in [2.05, 4.69) is 0 Å². The molecule has 6 nitrogen and oxygen atoms in total. The second-order valence-corrected chi connectivity index (χ2v) is 8.59. The van der Waals surface area contributed by atoms with Gasteiger partial charge in [-0.2, -0.15) is 0 Å². The van der Waals surface area contributed by atoms with Crippen molar-refractivity contribution in [1.82, 2.24) is 9.36 Å². The second kappa shape index (κ2) is 7.25. The van der Waals surface area contributed by atoms with Gasteiger partial charge in [0.2, 0.25) is 10.0 Å². The van der Waals surface area contributed by atoms with E-state index in [1.807, 2.05) is 18.2 Å². The Balaban J connectivity index is 2.20. The summed E-state index contributed by atoms with van der Waals surface area (Å²) >= 11 is 6.21. The van der Waals surface area contributed by atoms with E-state index in [0.29, 0.717) is 22.0 Å². The Bertz CT molecular complexity index is 1130. The lowest BCUT2D eigenvalue weighted by molar-refractivity contribution is 0.596. The molecule has 0 N–H and O–H groups in total. The minimum absolute atomic E-state index is 0.0204. The molecule has 2 aromatic carbocycles. The molecule has 1 aromatic heterocycles. The maximum absolute atomic E-state index is 13.2. The summed E-state index contributed by atoms with van der Waals surface area (Å²) in [5.41, 5.74) is 1.54. The zero-order valence-electron chi connectivity index (χ0n) is 15.3. The average Bonchev–Trinajstić information content (AvgIpc) is 2.83. The molecule has 0 amide bonds. The highest BCUT2D eigenvalue weighted by Gasteiger charge is 2.28. The van der Waals surface area contributed by atoms with Gasteiger partial charge in [0.1, 0.15) is 5.69 Å². The Morgan fingerprint density at radius 2 is 1.63 bits per heavy atom. The van der Waals surface area contributed by atoms with Crippen molar-refractivity contribution in [2.75, 3.05) is 10.6 Å². The molecule has 0 aliphatic rings. The molecule has 0 radical (unpaired) electrons. The Morgan fingerprint density at radius 1 is 1.04 bits per heavy atom.